The summed E-state index contributed by atoms with van der Waals surface area (Å²) < 4.78 is 6.01. The van der Waals surface area contributed by atoms with E-state index in [4.69, 9.17) is 9.40 Å². The Kier molecular flexibility index (Phi) is 3.69. The lowest BCUT2D eigenvalue weighted by molar-refractivity contribution is 0.425. The van der Waals surface area contributed by atoms with Gasteiger partial charge in [0.05, 0.1) is 0 Å². The predicted molar refractivity (Wildman–Crippen MR) is 106 cm³/mol. The number of nitrogens with zero attached hydrogens (tertiary/aromatic N) is 2. The number of aromatic nitrogens is 3. The van der Waals surface area contributed by atoms with Crippen LogP contribution in [-0.4, -0.2) is 15.0 Å². The molecule has 0 aliphatic rings. The molecule has 0 amide bonds. The van der Waals surface area contributed by atoms with E-state index in [1.165, 1.54) is 5.69 Å². The maximum Gasteiger partial charge on any atom is 0.226 e. The van der Waals surface area contributed by atoms with Crippen LogP contribution in [0.3, 0.4) is 0 Å². The average molecular weight is 347 g/mol. The van der Waals surface area contributed by atoms with Crippen molar-refractivity contribution >= 4 is 22.1 Å². The first kappa shape index (κ1) is 16.8. The normalized spacial score (nSPS) is 13.0. The second-order valence-corrected chi connectivity index (χ2v) is 8.74. The summed E-state index contributed by atoms with van der Waals surface area (Å²) in [7, 11) is 0. The molecule has 0 unspecified atom stereocenters. The lowest BCUT2D eigenvalue weighted by Gasteiger charge is -2.23. The van der Waals surface area contributed by atoms with Crippen LogP contribution in [0.2, 0.25) is 0 Å². The first-order valence-corrected chi connectivity index (χ1v) is 9.07. The van der Waals surface area contributed by atoms with Gasteiger partial charge in [0.25, 0.3) is 0 Å². The van der Waals surface area contributed by atoms with E-state index in [1.807, 2.05) is 12.3 Å². The smallest absolute Gasteiger partial charge is 0.226 e. The molecule has 4 aromatic heterocycles. The van der Waals surface area contributed by atoms with Gasteiger partial charge in [0.15, 0.2) is 0 Å². The molecule has 0 spiro atoms. The molecule has 26 heavy (non-hydrogen) atoms. The van der Waals surface area contributed by atoms with Crippen molar-refractivity contribution in [2.24, 2.45) is 0 Å². The third kappa shape index (κ3) is 3.00. The number of H-pyrrole nitrogens is 1. The van der Waals surface area contributed by atoms with Gasteiger partial charge in [0.2, 0.25) is 5.71 Å². The Hall–Kier alpha value is -2.62. The van der Waals surface area contributed by atoms with Crippen LogP contribution in [0.25, 0.3) is 22.1 Å². The van der Waals surface area contributed by atoms with Gasteiger partial charge in [-0.1, -0.05) is 34.6 Å². The molecule has 4 heterocycles. The Morgan fingerprint density at radius 1 is 1.00 bits per heavy atom. The molecule has 4 nitrogen and oxygen atoms in total. The summed E-state index contributed by atoms with van der Waals surface area (Å²) in [5, 5.41) is 2.20. The molecule has 0 radical (unpaired) electrons. The third-order valence-corrected chi connectivity index (χ3v) is 4.92. The first-order chi connectivity index (χ1) is 12.2. The van der Waals surface area contributed by atoms with E-state index in [9.17, 15) is 0 Å². The van der Waals surface area contributed by atoms with Crippen molar-refractivity contribution in [3.05, 3.63) is 59.7 Å². The van der Waals surface area contributed by atoms with Gasteiger partial charge in [-0.3, -0.25) is 0 Å². The zero-order valence-corrected chi connectivity index (χ0v) is 16.1. The van der Waals surface area contributed by atoms with Gasteiger partial charge < -0.3 is 9.40 Å². The topological polar surface area (TPSA) is 54.7 Å². The van der Waals surface area contributed by atoms with Crippen molar-refractivity contribution in [2.45, 2.75) is 51.9 Å². The number of pyridine rings is 2. The number of nitrogens with one attached hydrogen (secondary N) is 1. The minimum atomic E-state index is -0.0825. The van der Waals surface area contributed by atoms with E-state index in [1.54, 1.807) is 0 Å². The fourth-order valence-electron chi connectivity index (χ4n) is 3.29. The maximum atomic E-state index is 6.01. The van der Waals surface area contributed by atoms with E-state index < -0.39 is 0 Å². The number of rotatable bonds is 3. The Labute approximate surface area is 153 Å². The summed E-state index contributed by atoms with van der Waals surface area (Å²) in [5.74, 6) is 0.970. The van der Waals surface area contributed by atoms with Gasteiger partial charge in [-0.05, 0) is 36.4 Å². The molecule has 0 bridgehead atoms. The Morgan fingerprint density at radius 2 is 1.81 bits per heavy atom. The van der Waals surface area contributed by atoms with Gasteiger partial charge in [-0.2, -0.15) is 0 Å². The number of hydrogen-bond acceptors (Lipinski definition) is 3. The highest BCUT2D eigenvalue weighted by molar-refractivity contribution is 5.77. The summed E-state index contributed by atoms with van der Waals surface area (Å²) >= 11 is 0. The molecule has 134 valence electrons. The first-order valence-electron chi connectivity index (χ1n) is 9.07. The highest BCUT2D eigenvalue weighted by Crippen LogP contribution is 2.31. The third-order valence-electron chi connectivity index (χ3n) is 4.92. The summed E-state index contributed by atoms with van der Waals surface area (Å²) in [5.41, 5.74) is 3.76. The Bertz CT molecular complexity index is 1050. The second-order valence-electron chi connectivity index (χ2n) is 8.74. The molecule has 0 saturated heterocycles. The fraction of sp³-hybridized carbons (Fsp3) is 0.364. The quantitative estimate of drug-likeness (QED) is 0.531. The number of hydrogen-bond donors (Lipinski definition) is 1. The van der Waals surface area contributed by atoms with Gasteiger partial charge in [0, 0.05) is 45.6 Å². The number of aromatic amines is 1. The summed E-state index contributed by atoms with van der Waals surface area (Å²) in [6.45, 7) is 10.9. The lowest BCUT2D eigenvalue weighted by atomic mass is 9.84. The van der Waals surface area contributed by atoms with Gasteiger partial charge in [-0.15, -0.1) is 0 Å². The highest BCUT2D eigenvalue weighted by Gasteiger charge is 2.25. The van der Waals surface area contributed by atoms with Crippen LogP contribution in [0.5, 0.6) is 0 Å². The molecule has 0 saturated carbocycles. The van der Waals surface area contributed by atoms with E-state index in [0.717, 1.165) is 40.0 Å². The van der Waals surface area contributed by atoms with Gasteiger partial charge in [0.1, 0.15) is 11.4 Å². The molecule has 4 aromatic rings. The SMILES string of the molecule is CC(C)(C)c1cc2ccc(CC(C)(C)c3cc4cccnc4[nH]3)nc2o1. The van der Waals surface area contributed by atoms with Gasteiger partial charge >= 0.3 is 0 Å². The molecule has 0 aliphatic heterocycles. The van der Waals surface area contributed by atoms with Crippen molar-refractivity contribution in [2.75, 3.05) is 0 Å². The van der Waals surface area contributed by atoms with E-state index in [2.05, 4.69) is 74.9 Å². The molecule has 0 aliphatic carbocycles. The highest BCUT2D eigenvalue weighted by atomic mass is 16.3. The largest absolute Gasteiger partial charge is 0.442 e. The van der Waals surface area contributed by atoms with E-state index >= 15 is 0 Å². The van der Waals surface area contributed by atoms with Crippen LogP contribution in [0.4, 0.5) is 0 Å². The van der Waals surface area contributed by atoms with Crippen molar-refractivity contribution in [3.63, 3.8) is 0 Å². The fourth-order valence-corrected chi connectivity index (χ4v) is 3.29. The van der Waals surface area contributed by atoms with Crippen LogP contribution in [-0.2, 0) is 17.3 Å². The van der Waals surface area contributed by atoms with Crippen LogP contribution >= 0.6 is 0 Å². The average Bonchev–Trinajstić information content (AvgIpc) is 3.18. The van der Waals surface area contributed by atoms with Crippen LogP contribution < -0.4 is 0 Å². The lowest BCUT2D eigenvalue weighted by Crippen LogP contribution is -2.21. The summed E-state index contributed by atoms with van der Waals surface area (Å²) in [6.07, 6.45) is 2.64. The molecule has 0 atom stereocenters. The Morgan fingerprint density at radius 3 is 2.54 bits per heavy atom. The molecule has 4 rings (SSSR count). The van der Waals surface area contributed by atoms with Crippen molar-refractivity contribution < 1.29 is 4.42 Å². The van der Waals surface area contributed by atoms with Crippen LogP contribution in [0.1, 0.15) is 51.8 Å². The number of fused-ring (bicyclic) bond motifs is 2. The molecule has 1 N–H and O–H groups in total. The summed E-state index contributed by atoms with van der Waals surface area (Å²) in [4.78, 5) is 12.6. The standard InChI is InChI=1S/C22H25N3O/c1-21(2,3)18-12-15-8-9-16(24-20(15)26-18)13-22(4,5)17-11-14-7-6-10-23-19(14)25-17/h6-12H,13H2,1-5H3,(H,23,25). The van der Waals surface area contributed by atoms with Crippen molar-refractivity contribution in [1.29, 1.82) is 0 Å². The van der Waals surface area contributed by atoms with Crippen LogP contribution in [0.15, 0.2) is 47.0 Å². The molecular formula is C22H25N3O. The van der Waals surface area contributed by atoms with E-state index in [0.29, 0.717) is 0 Å². The molecule has 4 heteroatoms. The Balaban J connectivity index is 1.66. The predicted octanol–water partition coefficient (Wildman–Crippen LogP) is 5.52. The zero-order valence-electron chi connectivity index (χ0n) is 16.1. The number of furan rings is 1. The molecule has 0 fully saturated rings. The monoisotopic (exact) mass is 347 g/mol. The molecule has 0 aromatic carbocycles. The van der Waals surface area contributed by atoms with Crippen LogP contribution in [0, 0.1) is 0 Å². The minimum Gasteiger partial charge on any atom is -0.442 e. The molecular weight excluding hydrogens is 322 g/mol. The van der Waals surface area contributed by atoms with Gasteiger partial charge in [-0.25, -0.2) is 9.97 Å². The zero-order chi connectivity index (χ0) is 18.5. The maximum absolute atomic E-state index is 6.01. The minimum absolute atomic E-state index is 0.0164. The van der Waals surface area contributed by atoms with Crippen molar-refractivity contribution in [1.82, 2.24) is 15.0 Å². The summed E-state index contributed by atoms with van der Waals surface area (Å²) in [6, 6.07) is 12.5. The van der Waals surface area contributed by atoms with Crippen molar-refractivity contribution in [3.8, 4) is 0 Å². The van der Waals surface area contributed by atoms with E-state index in [-0.39, 0.29) is 10.8 Å². The second kappa shape index (κ2) is 5.70.